The average molecular weight is 758 g/mol. The Hall–Kier alpha value is -5.96. The van der Waals surface area contributed by atoms with E-state index in [4.69, 9.17) is 14.2 Å². The summed E-state index contributed by atoms with van der Waals surface area (Å²) in [6.45, 7) is -0.957. The van der Waals surface area contributed by atoms with E-state index in [0.717, 1.165) is 15.7 Å². The van der Waals surface area contributed by atoms with Crippen LogP contribution in [0.5, 0.6) is 11.5 Å². The molecule has 14 heteroatoms. The Morgan fingerprint density at radius 3 is 2.18 bits per heavy atom. The molecule has 0 saturated carbocycles. The highest BCUT2D eigenvalue weighted by Gasteiger charge is 2.43. The van der Waals surface area contributed by atoms with Gasteiger partial charge in [-0.2, -0.15) is 13.2 Å². The van der Waals surface area contributed by atoms with Gasteiger partial charge in [0.25, 0.3) is 5.56 Å². The molecule has 1 saturated heterocycles. The molecule has 11 nitrogen and oxygen atoms in total. The Morgan fingerprint density at radius 1 is 0.927 bits per heavy atom. The van der Waals surface area contributed by atoms with Crippen LogP contribution in [0.1, 0.15) is 51.6 Å². The SMILES string of the molecule is COc1ccc(C(c2ccccc2)(c2ccccc2)c2cc(/C=C/c3cn([C@H]4C[C@H](O)[C@@H](CO)O4)c(=O)[nH]c3=O)ccc2CNC(=O)C(F)(F)F)c(OC)c1. The Bertz CT molecular complexity index is 2250. The Morgan fingerprint density at radius 2 is 1.60 bits per heavy atom. The summed E-state index contributed by atoms with van der Waals surface area (Å²) >= 11 is 0. The number of carbonyl (C=O) groups excluding carboxylic acids is 1. The number of H-pyrrole nitrogens is 1. The van der Waals surface area contributed by atoms with Crippen molar-refractivity contribution in [2.24, 2.45) is 0 Å². The molecular formula is C41H38F3N3O8. The maximum atomic E-state index is 13.5. The predicted octanol–water partition coefficient (Wildman–Crippen LogP) is 4.93. The largest absolute Gasteiger partial charge is 0.497 e. The minimum absolute atomic E-state index is 0.00586. The number of alkyl halides is 3. The number of aromatic nitrogens is 2. The monoisotopic (exact) mass is 757 g/mol. The molecule has 5 aromatic rings. The van der Waals surface area contributed by atoms with Crippen LogP contribution in [0.3, 0.4) is 0 Å². The number of halogens is 3. The summed E-state index contributed by atoms with van der Waals surface area (Å²) in [4.78, 5) is 40.2. The smallest absolute Gasteiger partial charge is 0.471 e. The molecule has 0 radical (unpaired) electrons. The van der Waals surface area contributed by atoms with Gasteiger partial charge in [-0.3, -0.25) is 19.1 Å². The molecule has 0 unspecified atom stereocenters. The van der Waals surface area contributed by atoms with E-state index in [1.54, 1.807) is 36.4 Å². The molecule has 1 amide bonds. The summed E-state index contributed by atoms with van der Waals surface area (Å²) in [5, 5.41) is 21.8. The topological polar surface area (TPSA) is 152 Å². The molecular weight excluding hydrogens is 719 g/mol. The number of ether oxygens (including phenoxy) is 3. The molecule has 286 valence electrons. The van der Waals surface area contributed by atoms with E-state index in [0.29, 0.717) is 33.8 Å². The molecule has 2 heterocycles. The van der Waals surface area contributed by atoms with Crippen LogP contribution in [0.25, 0.3) is 12.2 Å². The van der Waals surface area contributed by atoms with E-state index < -0.39 is 60.3 Å². The van der Waals surface area contributed by atoms with Gasteiger partial charge in [0.15, 0.2) is 0 Å². The van der Waals surface area contributed by atoms with E-state index >= 15 is 0 Å². The first kappa shape index (κ1) is 38.8. The summed E-state index contributed by atoms with van der Waals surface area (Å²) in [6, 6.07) is 28.9. The number of nitrogens with one attached hydrogen (secondary N) is 2. The zero-order valence-electron chi connectivity index (χ0n) is 29.7. The van der Waals surface area contributed by atoms with Crippen molar-refractivity contribution in [3.05, 3.63) is 163 Å². The normalized spacial score (nSPS) is 17.3. The molecule has 0 aliphatic carbocycles. The van der Waals surface area contributed by atoms with Crippen molar-refractivity contribution < 1.29 is 42.4 Å². The van der Waals surface area contributed by atoms with Gasteiger partial charge in [-0.15, -0.1) is 0 Å². The molecule has 1 aliphatic rings. The number of aliphatic hydroxyl groups excluding tert-OH is 2. The zero-order valence-corrected chi connectivity index (χ0v) is 29.7. The van der Waals surface area contributed by atoms with E-state index in [-0.39, 0.29) is 12.0 Å². The van der Waals surface area contributed by atoms with Crippen LogP contribution in [0, 0.1) is 0 Å². The maximum absolute atomic E-state index is 13.5. The lowest BCUT2D eigenvalue weighted by atomic mass is 9.63. The van der Waals surface area contributed by atoms with Gasteiger partial charge in [-0.1, -0.05) is 84.9 Å². The number of aromatic amines is 1. The molecule has 6 rings (SSSR count). The number of benzene rings is 4. The van der Waals surface area contributed by atoms with Crippen LogP contribution >= 0.6 is 0 Å². The van der Waals surface area contributed by atoms with Crippen LogP contribution in [0.2, 0.25) is 0 Å². The highest BCUT2D eigenvalue weighted by molar-refractivity contribution is 5.82. The van der Waals surface area contributed by atoms with Gasteiger partial charge < -0.3 is 29.7 Å². The van der Waals surface area contributed by atoms with E-state index in [9.17, 15) is 37.8 Å². The number of carbonyl (C=O) groups is 1. The third-order valence-corrected chi connectivity index (χ3v) is 9.61. The lowest BCUT2D eigenvalue weighted by Gasteiger charge is -2.39. The number of rotatable bonds is 12. The minimum Gasteiger partial charge on any atom is -0.497 e. The summed E-state index contributed by atoms with van der Waals surface area (Å²) < 4.78 is 58.7. The molecule has 55 heavy (non-hydrogen) atoms. The highest BCUT2D eigenvalue weighted by Crippen LogP contribution is 2.50. The quantitative estimate of drug-likeness (QED) is 0.131. The first-order valence-corrected chi connectivity index (χ1v) is 17.2. The molecule has 1 aromatic heterocycles. The number of hydrogen-bond donors (Lipinski definition) is 4. The van der Waals surface area contributed by atoms with Crippen molar-refractivity contribution in [2.45, 2.75) is 43.0 Å². The molecule has 1 aliphatic heterocycles. The van der Waals surface area contributed by atoms with Crippen molar-refractivity contribution in [1.29, 1.82) is 0 Å². The van der Waals surface area contributed by atoms with Gasteiger partial charge in [0.1, 0.15) is 23.8 Å². The molecule has 4 N–H and O–H groups in total. The van der Waals surface area contributed by atoms with Crippen LogP contribution in [-0.4, -0.2) is 64.9 Å². The van der Waals surface area contributed by atoms with Crippen LogP contribution in [0.4, 0.5) is 13.2 Å². The first-order valence-electron chi connectivity index (χ1n) is 17.2. The Labute approximate surface area is 313 Å². The van der Waals surface area contributed by atoms with Crippen LogP contribution in [0.15, 0.2) is 113 Å². The number of methoxy groups -OCH3 is 2. The van der Waals surface area contributed by atoms with E-state index in [2.05, 4.69) is 4.98 Å². The summed E-state index contributed by atoms with van der Waals surface area (Å²) in [5.41, 5.74) is 0.703. The average Bonchev–Trinajstić information content (AvgIpc) is 3.57. The van der Waals surface area contributed by atoms with Crippen molar-refractivity contribution >= 4 is 18.1 Å². The Kier molecular flexibility index (Phi) is 11.4. The number of amides is 1. The fourth-order valence-electron chi connectivity index (χ4n) is 6.96. The third-order valence-electron chi connectivity index (χ3n) is 9.61. The van der Waals surface area contributed by atoms with Gasteiger partial charge in [0.05, 0.1) is 37.9 Å². The molecule has 0 bridgehead atoms. The number of hydrogen-bond acceptors (Lipinski definition) is 8. The number of aliphatic hydroxyl groups is 2. The van der Waals surface area contributed by atoms with Crippen LogP contribution in [-0.2, 0) is 21.5 Å². The minimum atomic E-state index is -5.12. The van der Waals surface area contributed by atoms with E-state index in [1.807, 2.05) is 72.0 Å². The van der Waals surface area contributed by atoms with Crippen molar-refractivity contribution in [3.8, 4) is 11.5 Å². The maximum Gasteiger partial charge on any atom is 0.471 e. The van der Waals surface area contributed by atoms with E-state index in [1.165, 1.54) is 26.5 Å². The second-order valence-electron chi connectivity index (χ2n) is 12.8. The lowest BCUT2D eigenvalue weighted by molar-refractivity contribution is -0.173. The van der Waals surface area contributed by atoms with Gasteiger partial charge in [-0.25, -0.2) is 4.79 Å². The fraction of sp³-hybridized carbons (Fsp3) is 0.244. The van der Waals surface area contributed by atoms with Crippen LogP contribution < -0.4 is 26.0 Å². The molecule has 0 spiro atoms. The molecule has 4 aromatic carbocycles. The Balaban J connectivity index is 1.59. The second-order valence-corrected chi connectivity index (χ2v) is 12.8. The second kappa shape index (κ2) is 16.2. The highest BCUT2D eigenvalue weighted by atomic mass is 19.4. The van der Waals surface area contributed by atoms with Crippen molar-refractivity contribution in [2.75, 3.05) is 20.8 Å². The number of nitrogens with zero attached hydrogens (tertiary/aromatic N) is 1. The third kappa shape index (κ3) is 7.83. The zero-order chi connectivity index (χ0) is 39.3. The summed E-state index contributed by atoms with van der Waals surface area (Å²) in [5.74, 6) is -1.19. The fourth-order valence-corrected chi connectivity index (χ4v) is 6.96. The summed E-state index contributed by atoms with van der Waals surface area (Å²) in [6.07, 6.45) is -3.63. The van der Waals surface area contributed by atoms with Gasteiger partial charge in [-0.05, 0) is 46.0 Å². The molecule has 1 fully saturated rings. The van der Waals surface area contributed by atoms with Gasteiger partial charge in [0, 0.05) is 30.8 Å². The van der Waals surface area contributed by atoms with Crippen molar-refractivity contribution in [1.82, 2.24) is 14.9 Å². The summed E-state index contributed by atoms with van der Waals surface area (Å²) in [7, 11) is 3.02. The van der Waals surface area contributed by atoms with Gasteiger partial charge in [0.2, 0.25) is 0 Å². The first-order chi connectivity index (χ1) is 26.4. The molecule has 3 atom stereocenters. The van der Waals surface area contributed by atoms with Gasteiger partial charge >= 0.3 is 17.8 Å². The standard InChI is InChI=1S/C41H38F3N3O8/c1-53-30-17-18-31(34(20-30)54-2)40(28-9-5-3-6-10-28,29-11-7-4-8-12-29)32-19-25(13-15-26(32)22-45-38(51)41(42,43)44)14-16-27-23-47(39(52)46-37(27)50)36-21-33(49)35(24-48)55-36/h3-20,23,33,35-36,48-49H,21-22,24H2,1-2H3,(H,45,51)(H,46,50,52)/b16-14+/t33-,35+,36+/m0/s1. The van der Waals surface area contributed by atoms with Crippen molar-refractivity contribution in [3.63, 3.8) is 0 Å². The predicted molar refractivity (Wildman–Crippen MR) is 198 cm³/mol. The lowest BCUT2D eigenvalue weighted by Crippen LogP contribution is -2.38.